The minimum Gasteiger partial charge on any atom is -0.461 e. The maximum atomic E-state index is 12.0. The predicted octanol–water partition coefficient (Wildman–Crippen LogP) is 2.87. The van der Waals surface area contributed by atoms with E-state index in [2.05, 4.69) is 15.9 Å². The molecule has 18 heavy (non-hydrogen) atoms. The predicted molar refractivity (Wildman–Crippen MR) is 73.8 cm³/mol. The van der Waals surface area contributed by atoms with Crippen LogP contribution in [0.15, 0.2) is 28.7 Å². The first kappa shape index (κ1) is 13.6. The van der Waals surface area contributed by atoms with E-state index in [0.29, 0.717) is 19.1 Å². The average Bonchev–Trinajstić information content (AvgIpc) is 2.84. The number of benzene rings is 1. The molecule has 3 nitrogen and oxygen atoms in total. The maximum Gasteiger partial charge on any atom is 0.309 e. The van der Waals surface area contributed by atoms with E-state index in [1.54, 1.807) is 0 Å². The number of halogens is 1. The van der Waals surface area contributed by atoms with E-state index in [-0.39, 0.29) is 11.9 Å². The Bertz CT molecular complexity index is 422. The van der Waals surface area contributed by atoms with Gasteiger partial charge >= 0.3 is 5.97 Å². The highest BCUT2D eigenvalue weighted by Crippen LogP contribution is 2.32. The largest absolute Gasteiger partial charge is 0.461 e. The second kappa shape index (κ2) is 6.34. The number of rotatable bonds is 4. The molecule has 1 saturated carbocycles. The van der Waals surface area contributed by atoms with Gasteiger partial charge in [0.1, 0.15) is 6.61 Å². The number of hydrogen-bond acceptors (Lipinski definition) is 3. The number of carbonyl (C=O) groups is 1. The molecule has 2 atom stereocenters. The Morgan fingerprint density at radius 3 is 3.00 bits per heavy atom. The van der Waals surface area contributed by atoms with Crippen LogP contribution >= 0.6 is 15.9 Å². The standard InChI is InChI=1S/C14H18BrNO2/c15-12-5-1-3-10(7-12)9-18-14(17)13-6-2-4-11(13)8-16/h1,3,5,7,11,13H,2,4,6,8-9,16H2. The zero-order valence-electron chi connectivity index (χ0n) is 10.3. The summed E-state index contributed by atoms with van der Waals surface area (Å²) in [4.78, 5) is 12.0. The number of nitrogens with two attached hydrogens (primary N) is 1. The summed E-state index contributed by atoms with van der Waals surface area (Å²) in [6, 6.07) is 7.80. The summed E-state index contributed by atoms with van der Waals surface area (Å²) >= 11 is 3.40. The molecule has 0 heterocycles. The topological polar surface area (TPSA) is 52.3 Å². The summed E-state index contributed by atoms with van der Waals surface area (Å²) in [5.74, 6) is 0.213. The minimum atomic E-state index is -0.0945. The average molecular weight is 312 g/mol. The van der Waals surface area contributed by atoms with E-state index in [1.807, 2.05) is 24.3 Å². The number of esters is 1. The Morgan fingerprint density at radius 1 is 1.44 bits per heavy atom. The van der Waals surface area contributed by atoms with Gasteiger partial charge < -0.3 is 10.5 Å². The molecule has 1 aromatic carbocycles. The zero-order chi connectivity index (χ0) is 13.0. The molecule has 4 heteroatoms. The fourth-order valence-corrected chi connectivity index (χ4v) is 2.96. The lowest BCUT2D eigenvalue weighted by Crippen LogP contribution is -2.26. The fraction of sp³-hybridized carbons (Fsp3) is 0.500. The Hall–Kier alpha value is -0.870. The van der Waals surface area contributed by atoms with Crippen LogP contribution in [-0.2, 0) is 16.1 Å². The molecule has 0 aliphatic heterocycles. The van der Waals surface area contributed by atoms with Crippen LogP contribution in [0.4, 0.5) is 0 Å². The minimum absolute atomic E-state index is 0.00199. The number of hydrogen-bond donors (Lipinski definition) is 1. The summed E-state index contributed by atoms with van der Waals surface area (Å²) in [7, 11) is 0. The summed E-state index contributed by atoms with van der Waals surface area (Å²) in [5, 5.41) is 0. The van der Waals surface area contributed by atoms with E-state index in [0.717, 1.165) is 29.3 Å². The molecular formula is C14H18BrNO2. The van der Waals surface area contributed by atoms with Crippen molar-refractivity contribution in [1.82, 2.24) is 0 Å². The molecule has 0 amide bonds. The van der Waals surface area contributed by atoms with Crippen LogP contribution in [0, 0.1) is 11.8 Å². The Kier molecular flexibility index (Phi) is 4.78. The van der Waals surface area contributed by atoms with Crippen molar-refractivity contribution in [1.29, 1.82) is 0 Å². The van der Waals surface area contributed by atoms with Crippen molar-refractivity contribution in [2.45, 2.75) is 25.9 Å². The van der Waals surface area contributed by atoms with Gasteiger partial charge in [0.05, 0.1) is 5.92 Å². The van der Waals surface area contributed by atoms with Crippen molar-refractivity contribution in [2.24, 2.45) is 17.6 Å². The van der Waals surface area contributed by atoms with Crippen molar-refractivity contribution in [2.75, 3.05) is 6.54 Å². The van der Waals surface area contributed by atoms with Gasteiger partial charge in [-0.25, -0.2) is 0 Å². The molecule has 1 aliphatic rings. The van der Waals surface area contributed by atoms with Crippen LogP contribution in [0.1, 0.15) is 24.8 Å². The van der Waals surface area contributed by atoms with Gasteiger partial charge in [-0.2, -0.15) is 0 Å². The lowest BCUT2D eigenvalue weighted by atomic mass is 9.96. The third kappa shape index (κ3) is 3.33. The van der Waals surface area contributed by atoms with Crippen molar-refractivity contribution in [3.8, 4) is 0 Å². The van der Waals surface area contributed by atoms with Gasteiger partial charge in [0, 0.05) is 4.47 Å². The molecule has 2 N–H and O–H groups in total. The van der Waals surface area contributed by atoms with Gasteiger partial charge in [0.15, 0.2) is 0 Å². The van der Waals surface area contributed by atoms with Gasteiger partial charge in [0.25, 0.3) is 0 Å². The first-order valence-corrected chi connectivity index (χ1v) is 7.11. The van der Waals surface area contributed by atoms with Crippen LogP contribution in [0.3, 0.4) is 0 Å². The molecule has 1 aromatic rings. The normalized spacial score (nSPS) is 23.0. The molecule has 0 saturated heterocycles. The third-order valence-electron chi connectivity index (χ3n) is 3.53. The van der Waals surface area contributed by atoms with E-state index in [4.69, 9.17) is 10.5 Å². The Morgan fingerprint density at radius 2 is 2.28 bits per heavy atom. The van der Waals surface area contributed by atoms with Crippen LogP contribution in [0.2, 0.25) is 0 Å². The Labute approximate surface area is 116 Å². The lowest BCUT2D eigenvalue weighted by Gasteiger charge is -2.16. The second-order valence-corrected chi connectivity index (χ2v) is 5.69. The van der Waals surface area contributed by atoms with Crippen molar-refractivity contribution >= 4 is 21.9 Å². The van der Waals surface area contributed by atoms with E-state index < -0.39 is 0 Å². The number of ether oxygens (including phenoxy) is 1. The van der Waals surface area contributed by atoms with Crippen LogP contribution < -0.4 is 5.73 Å². The summed E-state index contributed by atoms with van der Waals surface area (Å²) < 4.78 is 6.38. The van der Waals surface area contributed by atoms with E-state index in [9.17, 15) is 4.79 Å². The molecular weight excluding hydrogens is 294 g/mol. The summed E-state index contributed by atoms with van der Waals surface area (Å²) in [6.07, 6.45) is 3.05. The molecule has 2 unspecified atom stereocenters. The second-order valence-electron chi connectivity index (χ2n) is 4.77. The van der Waals surface area contributed by atoms with Gasteiger partial charge in [-0.15, -0.1) is 0 Å². The van der Waals surface area contributed by atoms with Crippen molar-refractivity contribution < 1.29 is 9.53 Å². The smallest absolute Gasteiger partial charge is 0.309 e. The maximum absolute atomic E-state index is 12.0. The number of carbonyl (C=O) groups excluding carboxylic acids is 1. The van der Waals surface area contributed by atoms with Crippen LogP contribution in [0.25, 0.3) is 0 Å². The molecule has 0 radical (unpaired) electrons. The summed E-state index contributed by atoms with van der Waals surface area (Å²) in [5.41, 5.74) is 6.68. The van der Waals surface area contributed by atoms with Crippen LogP contribution in [0.5, 0.6) is 0 Å². The molecule has 1 fully saturated rings. The first-order valence-electron chi connectivity index (χ1n) is 6.32. The van der Waals surface area contributed by atoms with E-state index in [1.165, 1.54) is 0 Å². The highest BCUT2D eigenvalue weighted by atomic mass is 79.9. The molecule has 0 spiro atoms. The lowest BCUT2D eigenvalue weighted by molar-refractivity contribution is -0.151. The van der Waals surface area contributed by atoms with Gasteiger partial charge in [-0.05, 0) is 43.0 Å². The zero-order valence-corrected chi connectivity index (χ0v) is 11.9. The fourth-order valence-electron chi connectivity index (χ4n) is 2.52. The van der Waals surface area contributed by atoms with Crippen molar-refractivity contribution in [3.05, 3.63) is 34.3 Å². The highest BCUT2D eigenvalue weighted by Gasteiger charge is 2.33. The Balaban J connectivity index is 1.88. The van der Waals surface area contributed by atoms with Crippen molar-refractivity contribution in [3.63, 3.8) is 0 Å². The first-order chi connectivity index (χ1) is 8.70. The van der Waals surface area contributed by atoms with Gasteiger partial charge in [-0.1, -0.05) is 34.5 Å². The SMILES string of the molecule is NCC1CCCC1C(=O)OCc1cccc(Br)c1. The molecule has 0 aromatic heterocycles. The monoisotopic (exact) mass is 311 g/mol. The molecule has 1 aliphatic carbocycles. The third-order valence-corrected chi connectivity index (χ3v) is 4.03. The van der Waals surface area contributed by atoms with Crippen LogP contribution in [-0.4, -0.2) is 12.5 Å². The van der Waals surface area contributed by atoms with E-state index >= 15 is 0 Å². The molecule has 98 valence electrons. The molecule has 0 bridgehead atoms. The van der Waals surface area contributed by atoms with Gasteiger partial charge in [0.2, 0.25) is 0 Å². The highest BCUT2D eigenvalue weighted by molar-refractivity contribution is 9.10. The quantitative estimate of drug-likeness (QED) is 0.870. The molecule has 2 rings (SSSR count). The van der Waals surface area contributed by atoms with Gasteiger partial charge in [-0.3, -0.25) is 4.79 Å². The summed E-state index contributed by atoms with van der Waals surface area (Å²) in [6.45, 7) is 0.919.